The quantitative estimate of drug-likeness (QED) is 0.774. The van der Waals surface area contributed by atoms with E-state index in [4.69, 9.17) is 9.84 Å². The second-order valence-corrected chi connectivity index (χ2v) is 5.51. The Morgan fingerprint density at radius 3 is 2.44 bits per heavy atom. The molecule has 6 nitrogen and oxygen atoms in total. The monoisotopic (exact) mass is 259 g/mol. The summed E-state index contributed by atoms with van der Waals surface area (Å²) in [5, 5.41) is 18.4. The summed E-state index contributed by atoms with van der Waals surface area (Å²) in [6.07, 6.45) is 0.513. The first kappa shape index (κ1) is 14.8. The fourth-order valence-electron chi connectivity index (χ4n) is 2.12. The number of aliphatic hydroxyl groups is 1. The lowest BCUT2D eigenvalue weighted by Crippen LogP contribution is -2.53. The van der Waals surface area contributed by atoms with Crippen molar-refractivity contribution in [3.05, 3.63) is 0 Å². The number of carboxylic acid groups (broad SMARTS) is 1. The van der Waals surface area contributed by atoms with Gasteiger partial charge < -0.3 is 19.8 Å². The molecular weight excluding hydrogens is 238 g/mol. The summed E-state index contributed by atoms with van der Waals surface area (Å²) in [4.78, 5) is 24.4. The fraction of sp³-hybridized carbons (Fsp3) is 0.833. The van der Waals surface area contributed by atoms with Crippen LogP contribution in [-0.2, 0) is 9.53 Å². The van der Waals surface area contributed by atoms with E-state index in [1.54, 1.807) is 20.8 Å². The molecule has 0 radical (unpaired) electrons. The number of likely N-dealkylation sites (tertiary alicyclic amines) is 1. The van der Waals surface area contributed by atoms with Crippen LogP contribution in [0.3, 0.4) is 0 Å². The number of carbonyl (C=O) groups excluding carboxylic acids is 1. The minimum atomic E-state index is -0.984. The lowest BCUT2D eigenvalue weighted by molar-refractivity contribution is -0.146. The molecule has 2 N–H and O–H groups in total. The molecule has 0 bridgehead atoms. The molecule has 2 atom stereocenters. The summed E-state index contributed by atoms with van der Waals surface area (Å²) in [6, 6.07) is -0.703. The molecule has 1 fully saturated rings. The summed E-state index contributed by atoms with van der Waals surface area (Å²) in [5.41, 5.74) is -0.632. The molecule has 0 unspecified atom stereocenters. The van der Waals surface area contributed by atoms with Crippen molar-refractivity contribution < 1.29 is 24.5 Å². The van der Waals surface area contributed by atoms with E-state index in [-0.39, 0.29) is 6.61 Å². The van der Waals surface area contributed by atoms with Gasteiger partial charge in [-0.1, -0.05) is 0 Å². The van der Waals surface area contributed by atoms with Crippen LogP contribution in [0.4, 0.5) is 4.79 Å². The van der Waals surface area contributed by atoms with Crippen molar-refractivity contribution in [1.82, 2.24) is 4.90 Å². The Balaban J connectivity index is 2.79. The number of carboxylic acids is 1. The van der Waals surface area contributed by atoms with Crippen LogP contribution in [0, 0.1) is 5.92 Å². The molecule has 0 aromatic rings. The van der Waals surface area contributed by atoms with E-state index in [1.807, 2.05) is 0 Å². The highest BCUT2D eigenvalue weighted by Gasteiger charge is 2.39. The zero-order chi connectivity index (χ0) is 13.9. The summed E-state index contributed by atoms with van der Waals surface area (Å²) in [6.45, 7) is 5.30. The number of aliphatic hydroxyl groups excluding tert-OH is 1. The maximum atomic E-state index is 12.0. The highest BCUT2D eigenvalue weighted by atomic mass is 16.6. The smallest absolute Gasteiger partial charge is 0.410 e. The van der Waals surface area contributed by atoms with Crippen molar-refractivity contribution in [2.75, 3.05) is 13.2 Å². The Bertz CT molecular complexity index is 323. The van der Waals surface area contributed by atoms with Crippen LogP contribution < -0.4 is 0 Å². The molecule has 1 saturated heterocycles. The van der Waals surface area contributed by atoms with Gasteiger partial charge in [0.15, 0.2) is 0 Å². The van der Waals surface area contributed by atoms with Gasteiger partial charge in [0.1, 0.15) is 5.60 Å². The number of nitrogens with zero attached hydrogens (tertiary/aromatic N) is 1. The highest BCUT2D eigenvalue weighted by Crippen LogP contribution is 2.25. The molecule has 1 rings (SSSR count). The van der Waals surface area contributed by atoms with Crippen LogP contribution in [0.2, 0.25) is 0 Å². The molecule has 0 aromatic heterocycles. The van der Waals surface area contributed by atoms with Crippen LogP contribution in [0.15, 0.2) is 0 Å². The lowest BCUT2D eigenvalue weighted by Gasteiger charge is -2.39. The van der Waals surface area contributed by atoms with Gasteiger partial charge in [0.05, 0.1) is 18.6 Å². The van der Waals surface area contributed by atoms with Crippen molar-refractivity contribution in [2.24, 2.45) is 5.92 Å². The third kappa shape index (κ3) is 3.60. The van der Waals surface area contributed by atoms with Gasteiger partial charge >= 0.3 is 12.1 Å². The van der Waals surface area contributed by atoms with Gasteiger partial charge in [0, 0.05) is 6.54 Å². The molecule has 0 aromatic carbocycles. The predicted molar refractivity (Wildman–Crippen MR) is 64.2 cm³/mol. The van der Waals surface area contributed by atoms with E-state index in [0.717, 1.165) is 0 Å². The van der Waals surface area contributed by atoms with Crippen molar-refractivity contribution in [3.63, 3.8) is 0 Å². The van der Waals surface area contributed by atoms with Crippen molar-refractivity contribution in [1.29, 1.82) is 0 Å². The van der Waals surface area contributed by atoms with Gasteiger partial charge in [-0.05, 0) is 33.6 Å². The maximum Gasteiger partial charge on any atom is 0.410 e. The number of rotatable bonds is 2. The number of carbonyl (C=O) groups is 2. The molecule has 1 aliphatic rings. The zero-order valence-corrected chi connectivity index (χ0v) is 11.0. The highest BCUT2D eigenvalue weighted by molar-refractivity contribution is 5.74. The van der Waals surface area contributed by atoms with Crippen molar-refractivity contribution in [2.45, 2.75) is 45.3 Å². The SMILES string of the molecule is CC(C)(C)OC(=O)N1CCC[C@@H](C(=O)O)[C@H]1CO. The summed E-state index contributed by atoms with van der Waals surface area (Å²) < 4.78 is 5.22. The third-order valence-electron chi connectivity index (χ3n) is 2.91. The molecule has 1 amide bonds. The van der Waals surface area contributed by atoms with E-state index < -0.39 is 29.6 Å². The van der Waals surface area contributed by atoms with E-state index in [0.29, 0.717) is 19.4 Å². The minimum Gasteiger partial charge on any atom is -0.481 e. The average Bonchev–Trinajstić information content (AvgIpc) is 2.25. The van der Waals surface area contributed by atoms with Crippen LogP contribution in [0.5, 0.6) is 0 Å². The van der Waals surface area contributed by atoms with Gasteiger partial charge in [-0.15, -0.1) is 0 Å². The molecule has 0 spiro atoms. The number of amides is 1. The summed E-state index contributed by atoms with van der Waals surface area (Å²) >= 11 is 0. The molecule has 104 valence electrons. The lowest BCUT2D eigenvalue weighted by atomic mass is 9.90. The second kappa shape index (κ2) is 5.56. The molecule has 6 heteroatoms. The first-order valence-corrected chi connectivity index (χ1v) is 6.09. The third-order valence-corrected chi connectivity index (χ3v) is 2.91. The first-order chi connectivity index (χ1) is 8.26. The number of aliphatic carboxylic acids is 1. The molecule has 1 aliphatic heterocycles. The van der Waals surface area contributed by atoms with E-state index >= 15 is 0 Å². The van der Waals surface area contributed by atoms with Gasteiger partial charge in [0.25, 0.3) is 0 Å². The molecule has 18 heavy (non-hydrogen) atoms. The Morgan fingerprint density at radius 1 is 1.39 bits per heavy atom. The second-order valence-electron chi connectivity index (χ2n) is 5.51. The van der Waals surface area contributed by atoms with Gasteiger partial charge in [-0.3, -0.25) is 4.79 Å². The van der Waals surface area contributed by atoms with Gasteiger partial charge in [-0.2, -0.15) is 0 Å². The molecule has 0 saturated carbocycles. The fourth-order valence-corrected chi connectivity index (χ4v) is 2.12. The van der Waals surface area contributed by atoms with Gasteiger partial charge in [-0.25, -0.2) is 4.79 Å². The summed E-state index contributed by atoms with van der Waals surface area (Å²) in [7, 11) is 0. The Hall–Kier alpha value is -1.30. The number of hydrogen-bond donors (Lipinski definition) is 2. The molecular formula is C12H21NO5. The standard InChI is InChI=1S/C12H21NO5/c1-12(2,3)18-11(17)13-6-4-5-8(10(15)16)9(13)7-14/h8-9,14H,4-7H2,1-3H3,(H,15,16)/t8-,9-/m1/s1. The topological polar surface area (TPSA) is 87.1 Å². The molecule has 1 heterocycles. The number of ether oxygens (including phenoxy) is 1. The van der Waals surface area contributed by atoms with Crippen molar-refractivity contribution in [3.8, 4) is 0 Å². The molecule has 0 aliphatic carbocycles. The Labute approximate surface area is 107 Å². The van der Waals surface area contributed by atoms with Crippen LogP contribution >= 0.6 is 0 Å². The van der Waals surface area contributed by atoms with E-state index in [9.17, 15) is 14.7 Å². The minimum absolute atomic E-state index is 0.365. The van der Waals surface area contributed by atoms with E-state index in [1.165, 1.54) is 4.90 Å². The predicted octanol–water partition coefficient (Wildman–Crippen LogP) is 1.08. The average molecular weight is 259 g/mol. The van der Waals surface area contributed by atoms with Crippen LogP contribution in [0.25, 0.3) is 0 Å². The normalized spacial score (nSPS) is 24.8. The largest absolute Gasteiger partial charge is 0.481 e. The van der Waals surface area contributed by atoms with Gasteiger partial charge in [0.2, 0.25) is 0 Å². The number of hydrogen-bond acceptors (Lipinski definition) is 4. The Kier molecular flexibility index (Phi) is 4.56. The summed E-state index contributed by atoms with van der Waals surface area (Å²) in [5.74, 6) is -1.71. The number of piperidine rings is 1. The first-order valence-electron chi connectivity index (χ1n) is 6.09. The maximum absolute atomic E-state index is 12.0. The zero-order valence-electron chi connectivity index (χ0n) is 11.0. The van der Waals surface area contributed by atoms with Crippen LogP contribution in [0.1, 0.15) is 33.6 Å². The van der Waals surface area contributed by atoms with Crippen LogP contribution in [-0.4, -0.2) is 52.0 Å². The Morgan fingerprint density at radius 2 is 2.00 bits per heavy atom. The van der Waals surface area contributed by atoms with E-state index in [2.05, 4.69) is 0 Å². The van der Waals surface area contributed by atoms with Crippen molar-refractivity contribution >= 4 is 12.1 Å².